The van der Waals surface area contributed by atoms with Crippen LogP contribution in [0.4, 0.5) is 10.2 Å². The van der Waals surface area contributed by atoms with E-state index in [0.717, 1.165) is 18.2 Å². The third-order valence-corrected chi connectivity index (χ3v) is 4.28. The van der Waals surface area contributed by atoms with Crippen LogP contribution in [0.25, 0.3) is 11.3 Å². The van der Waals surface area contributed by atoms with Crippen molar-refractivity contribution in [3.8, 4) is 17.3 Å². The first-order chi connectivity index (χ1) is 13.5. The summed E-state index contributed by atoms with van der Waals surface area (Å²) in [5.74, 6) is -0.981. The summed E-state index contributed by atoms with van der Waals surface area (Å²) in [5, 5.41) is 16.4. The lowest BCUT2D eigenvalue weighted by Gasteiger charge is -2.17. The van der Waals surface area contributed by atoms with Gasteiger partial charge < -0.3 is 5.32 Å². The van der Waals surface area contributed by atoms with Crippen LogP contribution < -0.4 is 5.32 Å². The molecular formula is C20H19FN6O. The van der Waals surface area contributed by atoms with Crippen LogP contribution in [0, 0.1) is 17.1 Å². The zero-order valence-corrected chi connectivity index (χ0v) is 15.6. The van der Waals surface area contributed by atoms with Crippen molar-refractivity contribution in [2.24, 2.45) is 7.05 Å². The van der Waals surface area contributed by atoms with E-state index >= 15 is 0 Å². The van der Waals surface area contributed by atoms with Gasteiger partial charge in [0.2, 0.25) is 5.91 Å². The van der Waals surface area contributed by atoms with Crippen LogP contribution >= 0.6 is 0 Å². The van der Waals surface area contributed by atoms with Crippen molar-refractivity contribution in [2.45, 2.75) is 25.7 Å². The number of rotatable bonds is 6. The van der Waals surface area contributed by atoms with Crippen molar-refractivity contribution >= 4 is 11.7 Å². The van der Waals surface area contributed by atoms with Gasteiger partial charge in [0.15, 0.2) is 0 Å². The Morgan fingerprint density at radius 1 is 1.32 bits per heavy atom. The van der Waals surface area contributed by atoms with Crippen molar-refractivity contribution < 1.29 is 9.18 Å². The lowest BCUT2D eigenvalue weighted by Crippen LogP contribution is -2.22. The molecule has 0 fully saturated rings. The minimum Gasteiger partial charge on any atom is -0.310 e. The molecule has 0 spiro atoms. The smallest absolute Gasteiger partial charge is 0.233 e. The Balaban J connectivity index is 1.90. The summed E-state index contributed by atoms with van der Waals surface area (Å²) < 4.78 is 14.6. The number of hydrogen-bond acceptors (Lipinski definition) is 5. The standard InChI is InChI=1S/C20H19FN6O/c1-3-4-17(20(28)26-18-6-5-16(21)11-23-18)14-7-13(8-22)19(24-9-14)15-10-25-27(2)12-15/h5-7,9-12,17H,3-4H2,1-2H3,(H,23,26,28). The quantitative estimate of drug-likeness (QED) is 0.709. The van der Waals surface area contributed by atoms with E-state index in [9.17, 15) is 14.4 Å². The average Bonchev–Trinajstić information content (AvgIpc) is 3.13. The molecule has 0 bridgehead atoms. The lowest BCUT2D eigenvalue weighted by atomic mass is 9.93. The maximum absolute atomic E-state index is 13.0. The van der Waals surface area contributed by atoms with E-state index in [-0.39, 0.29) is 11.7 Å². The highest BCUT2D eigenvalue weighted by atomic mass is 19.1. The van der Waals surface area contributed by atoms with E-state index < -0.39 is 11.7 Å². The second-order valence-corrected chi connectivity index (χ2v) is 6.37. The predicted molar refractivity (Wildman–Crippen MR) is 102 cm³/mol. The van der Waals surface area contributed by atoms with Crippen LogP contribution in [0.5, 0.6) is 0 Å². The minimum absolute atomic E-state index is 0.271. The van der Waals surface area contributed by atoms with E-state index in [4.69, 9.17) is 0 Å². The molecule has 28 heavy (non-hydrogen) atoms. The molecule has 3 aromatic heterocycles. The molecule has 0 saturated heterocycles. The zero-order chi connectivity index (χ0) is 20.1. The number of pyridine rings is 2. The number of anilines is 1. The molecule has 142 valence electrons. The van der Waals surface area contributed by atoms with Gasteiger partial charge in [-0.05, 0) is 30.2 Å². The first kappa shape index (κ1) is 19.2. The Bertz CT molecular complexity index is 1020. The Hall–Kier alpha value is -3.60. The summed E-state index contributed by atoms with van der Waals surface area (Å²) in [6, 6.07) is 6.47. The van der Waals surface area contributed by atoms with Gasteiger partial charge in [0, 0.05) is 25.0 Å². The molecule has 3 aromatic rings. The van der Waals surface area contributed by atoms with E-state index in [0.29, 0.717) is 23.2 Å². The molecular weight excluding hydrogens is 359 g/mol. The number of nitriles is 1. The summed E-state index contributed by atoms with van der Waals surface area (Å²) in [6.45, 7) is 1.97. The monoisotopic (exact) mass is 378 g/mol. The van der Waals surface area contributed by atoms with Gasteiger partial charge in [-0.2, -0.15) is 10.4 Å². The summed E-state index contributed by atoms with van der Waals surface area (Å²) >= 11 is 0. The zero-order valence-electron chi connectivity index (χ0n) is 15.6. The summed E-state index contributed by atoms with van der Waals surface area (Å²) in [4.78, 5) is 21.1. The first-order valence-electron chi connectivity index (χ1n) is 8.83. The SMILES string of the molecule is CCCC(C(=O)Nc1ccc(F)cn1)c1cnc(-c2cnn(C)c2)c(C#N)c1. The number of amides is 1. The van der Waals surface area contributed by atoms with Gasteiger partial charge in [-0.25, -0.2) is 9.37 Å². The van der Waals surface area contributed by atoms with Crippen molar-refractivity contribution in [3.05, 3.63) is 59.9 Å². The molecule has 0 aromatic carbocycles. The molecule has 3 heterocycles. The Labute approximate surface area is 161 Å². The topological polar surface area (TPSA) is 96.5 Å². The number of halogens is 1. The summed E-state index contributed by atoms with van der Waals surface area (Å²) in [7, 11) is 1.79. The lowest BCUT2D eigenvalue weighted by molar-refractivity contribution is -0.117. The highest BCUT2D eigenvalue weighted by molar-refractivity contribution is 5.95. The van der Waals surface area contributed by atoms with Crippen LogP contribution in [0.3, 0.4) is 0 Å². The van der Waals surface area contributed by atoms with E-state index in [1.165, 1.54) is 12.1 Å². The minimum atomic E-state index is -0.501. The van der Waals surface area contributed by atoms with Gasteiger partial charge >= 0.3 is 0 Å². The second kappa shape index (κ2) is 8.39. The van der Waals surface area contributed by atoms with Gasteiger partial charge in [0.25, 0.3) is 0 Å². The van der Waals surface area contributed by atoms with Crippen LogP contribution in [0.2, 0.25) is 0 Å². The van der Waals surface area contributed by atoms with Crippen LogP contribution in [-0.4, -0.2) is 25.7 Å². The van der Waals surface area contributed by atoms with Crippen molar-refractivity contribution in [3.63, 3.8) is 0 Å². The average molecular weight is 378 g/mol. The van der Waals surface area contributed by atoms with Crippen LogP contribution in [-0.2, 0) is 11.8 Å². The van der Waals surface area contributed by atoms with Gasteiger partial charge in [0.1, 0.15) is 17.7 Å². The fourth-order valence-electron chi connectivity index (χ4n) is 2.93. The third kappa shape index (κ3) is 4.20. The molecule has 0 radical (unpaired) electrons. The maximum Gasteiger partial charge on any atom is 0.233 e. The van der Waals surface area contributed by atoms with E-state index in [1.807, 2.05) is 6.92 Å². The molecule has 8 heteroatoms. The Morgan fingerprint density at radius 3 is 2.75 bits per heavy atom. The van der Waals surface area contributed by atoms with E-state index in [2.05, 4.69) is 26.5 Å². The first-order valence-corrected chi connectivity index (χ1v) is 8.83. The highest BCUT2D eigenvalue weighted by Crippen LogP contribution is 2.27. The van der Waals surface area contributed by atoms with E-state index in [1.54, 1.807) is 36.4 Å². The van der Waals surface area contributed by atoms with Gasteiger partial charge in [-0.1, -0.05) is 13.3 Å². The molecule has 1 atom stereocenters. The number of nitrogens with one attached hydrogen (secondary N) is 1. The predicted octanol–water partition coefficient (Wildman–Crippen LogP) is 3.41. The van der Waals surface area contributed by atoms with Crippen molar-refractivity contribution in [1.29, 1.82) is 5.26 Å². The van der Waals surface area contributed by atoms with Crippen molar-refractivity contribution in [2.75, 3.05) is 5.32 Å². The highest BCUT2D eigenvalue weighted by Gasteiger charge is 2.22. The Morgan fingerprint density at radius 2 is 2.14 bits per heavy atom. The number of hydrogen-bond donors (Lipinski definition) is 1. The number of aryl methyl sites for hydroxylation is 1. The number of nitrogens with zero attached hydrogens (tertiary/aromatic N) is 5. The van der Waals surface area contributed by atoms with Gasteiger partial charge in [-0.3, -0.25) is 14.5 Å². The third-order valence-electron chi connectivity index (χ3n) is 4.28. The molecule has 0 saturated carbocycles. The molecule has 1 N–H and O–H groups in total. The summed E-state index contributed by atoms with van der Waals surface area (Å²) in [5.41, 5.74) is 2.28. The molecule has 0 aliphatic heterocycles. The van der Waals surface area contributed by atoms with Gasteiger partial charge in [-0.15, -0.1) is 0 Å². The molecule has 1 unspecified atom stereocenters. The molecule has 0 aliphatic carbocycles. The molecule has 3 rings (SSSR count). The number of carbonyl (C=O) groups excluding carboxylic acids is 1. The largest absolute Gasteiger partial charge is 0.310 e. The van der Waals surface area contributed by atoms with Crippen molar-refractivity contribution in [1.82, 2.24) is 19.7 Å². The fourth-order valence-corrected chi connectivity index (χ4v) is 2.93. The molecule has 1 amide bonds. The van der Waals surface area contributed by atoms with Crippen LogP contribution in [0.1, 0.15) is 36.8 Å². The molecule has 7 nitrogen and oxygen atoms in total. The van der Waals surface area contributed by atoms with Gasteiger partial charge in [0.05, 0.1) is 29.6 Å². The fraction of sp³-hybridized carbons (Fsp3) is 0.250. The normalized spacial score (nSPS) is 11.6. The van der Waals surface area contributed by atoms with Crippen LogP contribution in [0.15, 0.2) is 43.0 Å². The number of carbonyl (C=O) groups is 1. The second-order valence-electron chi connectivity index (χ2n) is 6.37. The Kier molecular flexibility index (Phi) is 5.75. The molecule has 0 aliphatic rings. The summed E-state index contributed by atoms with van der Waals surface area (Å²) in [6.07, 6.45) is 7.41. The maximum atomic E-state index is 13.0. The number of aromatic nitrogens is 4.